The van der Waals surface area contributed by atoms with Gasteiger partial charge < -0.3 is 5.32 Å². The first-order chi connectivity index (χ1) is 6.94. The van der Waals surface area contributed by atoms with Crippen LogP contribution in [-0.4, -0.2) is 11.4 Å². The van der Waals surface area contributed by atoms with Crippen molar-refractivity contribution in [2.75, 3.05) is 0 Å². The third-order valence-corrected chi connectivity index (χ3v) is 2.54. The number of carbonyl (C=O) groups excluding carboxylic acids is 1. The van der Waals surface area contributed by atoms with E-state index in [0.29, 0.717) is 5.56 Å². The predicted octanol–water partition coefficient (Wildman–Crippen LogP) is 2.43. The Hall–Kier alpha value is -1.02. The average molecular weight is 313 g/mol. The van der Waals surface area contributed by atoms with Crippen LogP contribution in [0, 0.1) is 15.9 Å². The lowest BCUT2D eigenvalue weighted by Gasteiger charge is -2.19. The molecule has 78 valence electrons. The summed E-state index contributed by atoms with van der Waals surface area (Å²) in [5, 5.41) is 2.77. The first kappa shape index (κ1) is 12.1. The SMILES string of the molecule is C#CC(C)(C)NC(=O)c1cccc(I)c1. The van der Waals surface area contributed by atoms with Crippen molar-refractivity contribution in [1.82, 2.24) is 5.32 Å². The summed E-state index contributed by atoms with van der Waals surface area (Å²) in [6, 6.07) is 7.37. The van der Waals surface area contributed by atoms with Crippen LogP contribution in [0.2, 0.25) is 0 Å². The molecule has 15 heavy (non-hydrogen) atoms. The molecule has 0 heterocycles. The first-order valence-corrected chi connectivity index (χ1v) is 5.58. The highest BCUT2D eigenvalue weighted by atomic mass is 127. The maximum atomic E-state index is 11.8. The monoisotopic (exact) mass is 313 g/mol. The van der Waals surface area contributed by atoms with Gasteiger partial charge in [0.15, 0.2) is 0 Å². The molecule has 1 aromatic carbocycles. The minimum absolute atomic E-state index is 0.142. The molecule has 0 bridgehead atoms. The third kappa shape index (κ3) is 3.56. The summed E-state index contributed by atoms with van der Waals surface area (Å²) in [6.07, 6.45) is 5.30. The normalized spacial score (nSPS) is 10.5. The second-order valence-electron chi connectivity index (χ2n) is 3.73. The van der Waals surface area contributed by atoms with Crippen LogP contribution in [0.25, 0.3) is 0 Å². The van der Waals surface area contributed by atoms with Gasteiger partial charge in [0.2, 0.25) is 0 Å². The van der Waals surface area contributed by atoms with Crippen LogP contribution in [0.5, 0.6) is 0 Å². The van der Waals surface area contributed by atoms with E-state index in [2.05, 4.69) is 33.8 Å². The highest BCUT2D eigenvalue weighted by molar-refractivity contribution is 14.1. The fourth-order valence-electron chi connectivity index (χ4n) is 1.02. The van der Waals surface area contributed by atoms with Crippen LogP contribution in [0.4, 0.5) is 0 Å². The Bertz CT molecular complexity index is 418. The predicted molar refractivity (Wildman–Crippen MR) is 69.5 cm³/mol. The van der Waals surface area contributed by atoms with Crippen LogP contribution < -0.4 is 5.32 Å². The number of benzene rings is 1. The Labute approximate surface area is 104 Å². The van der Waals surface area contributed by atoms with Crippen LogP contribution in [0.3, 0.4) is 0 Å². The summed E-state index contributed by atoms with van der Waals surface area (Å²) in [5.74, 6) is 2.38. The second kappa shape index (κ2) is 4.67. The molecule has 0 aliphatic rings. The van der Waals surface area contributed by atoms with Gasteiger partial charge in [-0.15, -0.1) is 6.42 Å². The minimum atomic E-state index is -0.613. The highest BCUT2D eigenvalue weighted by Crippen LogP contribution is 2.09. The van der Waals surface area contributed by atoms with E-state index in [4.69, 9.17) is 6.42 Å². The number of amides is 1. The lowest BCUT2D eigenvalue weighted by atomic mass is 10.1. The number of rotatable bonds is 2. The molecule has 0 aliphatic heterocycles. The smallest absolute Gasteiger partial charge is 0.252 e. The summed E-state index contributed by atoms with van der Waals surface area (Å²) in [5.41, 5.74) is 0.0171. The van der Waals surface area contributed by atoms with Gasteiger partial charge in [0.05, 0.1) is 5.54 Å². The van der Waals surface area contributed by atoms with Crippen LogP contribution in [0.15, 0.2) is 24.3 Å². The molecule has 0 fully saturated rings. The highest BCUT2D eigenvalue weighted by Gasteiger charge is 2.17. The molecule has 0 unspecified atom stereocenters. The molecule has 1 N–H and O–H groups in total. The van der Waals surface area contributed by atoms with Crippen molar-refractivity contribution < 1.29 is 4.79 Å². The largest absolute Gasteiger partial charge is 0.336 e. The van der Waals surface area contributed by atoms with Crippen molar-refractivity contribution in [1.29, 1.82) is 0 Å². The number of hydrogen-bond acceptors (Lipinski definition) is 1. The molecule has 0 atom stereocenters. The fourth-order valence-corrected chi connectivity index (χ4v) is 1.56. The van der Waals surface area contributed by atoms with E-state index in [1.54, 1.807) is 19.9 Å². The Kier molecular flexibility index (Phi) is 3.75. The van der Waals surface area contributed by atoms with Gasteiger partial charge in [0, 0.05) is 9.13 Å². The number of carbonyl (C=O) groups is 1. The Morgan fingerprint density at radius 1 is 1.53 bits per heavy atom. The third-order valence-electron chi connectivity index (χ3n) is 1.87. The lowest BCUT2D eigenvalue weighted by molar-refractivity contribution is 0.0930. The summed E-state index contributed by atoms with van der Waals surface area (Å²) < 4.78 is 1.03. The summed E-state index contributed by atoms with van der Waals surface area (Å²) in [6.45, 7) is 3.58. The summed E-state index contributed by atoms with van der Waals surface area (Å²) in [7, 11) is 0. The Morgan fingerprint density at radius 3 is 2.73 bits per heavy atom. The minimum Gasteiger partial charge on any atom is -0.336 e. The van der Waals surface area contributed by atoms with E-state index in [1.807, 2.05) is 18.2 Å². The number of hydrogen-bond donors (Lipinski definition) is 1. The van der Waals surface area contributed by atoms with E-state index in [9.17, 15) is 4.79 Å². The van der Waals surface area contributed by atoms with Crippen molar-refractivity contribution in [2.45, 2.75) is 19.4 Å². The molecule has 0 radical (unpaired) electrons. The topological polar surface area (TPSA) is 29.1 Å². The van der Waals surface area contributed by atoms with Crippen molar-refractivity contribution >= 4 is 28.5 Å². The fraction of sp³-hybridized carbons (Fsp3) is 0.250. The quantitative estimate of drug-likeness (QED) is 0.659. The molecule has 0 aromatic heterocycles. The van der Waals surface area contributed by atoms with Gasteiger partial charge in [-0.3, -0.25) is 4.79 Å². The zero-order chi connectivity index (χ0) is 11.5. The van der Waals surface area contributed by atoms with E-state index >= 15 is 0 Å². The van der Waals surface area contributed by atoms with Gasteiger partial charge >= 0.3 is 0 Å². The summed E-state index contributed by atoms with van der Waals surface area (Å²) in [4.78, 5) is 11.8. The van der Waals surface area contributed by atoms with E-state index < -0.39 is 5.54 Å². The zero-order valence-electron chi connectivity index (χ0n) is 8.67. The first-order valence-electron chi connectivity index (χ1n) is 4.50. The van der Waals surface area contributed by atoms with Crippen LogP contribution in [-0.2, 0) is 0 Å². The lowest BCUT2D eigenvalue weighted by Crippen LogP contribution is -2.42. The molecule has 0 spiro atoms. The van der Waals surface area contributed by atoms with E-state index in [0.717, 1.165) is 3.57 Å². The Morgan fingerprint density at radius 2 is 2.20 bits per heavy atom. The molecule has 0 saturated heterocycles. The van der Waals surface area contributed by atoms with Gasteiger partial charge in [-0.05, 0) is 54.6 Å². The Balaban J connectivity index is 2.84. The number of terminal acetylenes is 1. The van der Waals surface area contributed by atoms with Crippen molar-refractivity contribution in [3.63, 3.8) is 0 Å². The van der Waals surface area contributed by atoms with Crippen LogP contribution in [0.1, 0.15) is 24.2 Å². The molecule has 0 aliphatic carbocycles. The van der Waals surface area contributed by atoms with E-state index in [1.165, 1.54) is 0 Å². The molecule has 1 aromatic rings. The molecule has 3 heteroatoms. The maximum Gasteiger partial charge on any atom is 0.252 e. The van der Waals surface area contributed by atoms with Crippen molar-refractivity contribution in [3.8, 4) is 12.3 Å². The summed E-state index contributed by atoms with van der Waals surface area (Å²) >= 11 is 2.17. The van der Waals surface area contributed by atoms with Gasteiger partial charge in [0.25, 0.3) is 5.91 Å². The van der Waals surface area contributed by atoms with E-state index in [-0.39, 0.29) is 5.91 Å². The average Bonchev–Trinajstić information content (AvgIpc) is 2.17. The van der Waals surface area contributed by atoms with Crippen molar-refractivity contribution in [2.24, 2.45) is 0 Å². The molecular formula is C12H12INO. The number of halogens is 1. The van der Waals surface area contributed by atoms with Gasteiger partial charge in [0.1, 0.15) is 0 Å². The van der Waals surface area contributed by atoms with Gasteiger partial charge in [-0.2, -0.15) is 0 Å². The molecular weight excluding hydrogens is 301 g/mol. The number of nitrogens with one attached hydrogen (secondary N) is 1. The van der Waals surface area contributed by atoms with Crippen LogP contribution >= 0.6 is 22.6 Å². The van der Waals surface area contributed by atoms with Gasteiger partial charge in [-0.1, -0.05) is 12.0 Å². The molecule has 2 nitrogen and oxygen atoms in total. The molecule has 1 amide bonds. The second-order valence-corrected chi connectivity index (χ2v) is 4.98. The molecule has 0 saturated carbocycles. The zero-order valence-corrected chi connectivity index (χ0v) is 10.8. The standard InChI is InChI=1S/C12H12INO/c1-4-12(2,3)14-11(15)9-6-5-7-10(13)8-9/h1,5-8H,2-3H3,(H,14,15). The van der Waals surface area contributed by atoms with Crippen molar-refractivity contribution in [3.05, 3.63) is 33.4 Å². The maximum absolute atomic E-state index is 11.8. The molecule has 1 rings (SSSR count). The van der Waals surface area contributed by atoms with Gasteiger partial charge in [-0.25, -0.2) is 0 Å².